The highest BCUT2D eigenvalue weighted by molar-refractivity contribution is 5.94. The van der Waals surface area contributed by atoms with Crippen molar-refractivity contribution in [3.63, 3.8) is 0 Å². The molecule has 50 heavy (non-hydrogen) atoms. The van der Waals surface area contributed by atoms with Crippen molar-refractivity contribution in [1.82, 2.24) is 4.90 Å². The van der Waals surface area contributed by atoms with Crippen molar-refractivity contribution < 1.29 is 38.7 Å². The molecular weight excluding hydrogens is 637 g/mol. The van der Waals surface area contributed by atoms with E-state index in [0.29, 0.717) is 43.5 Å². The van der Waals surface area contributed by atoms with Crippen LogP contribution in [0.4, 0.5) is 4.39 Å². The highest BCUT2D eigenvalue weighted by atomic mass is 19.1. The van der Waals surface area contributed by atoms with Gasteiger partial charge in [-0.25, -0.2) is 4.39 Å². The Balaban J connectivity index is 0.997. The van der Waals surface area contributed by atoms with E-state index in [9.17, 15) is 24.5 Å². The van der Waals surface area contributed by atoms with Crippen LogP contribution in [0.2, 0.25) is 0 Å². The monoisotopic (exact) mass is 697 g/mol. The minimum Gasteiger partial charge on any atom is -0.390 e. The lowest BCUT2D eigenvalue weighted by Gasteiger charge is -2.64. The molecule has 1 aromatic carbocycles. The number of aliphatic hydroxyl groups excluding tert-OH is 2. The fourth-order valence-electron chi connectivity index (χ4n) is 14.1. The second-order valence-electron chi connectivity index (χ2n) is 19.3. The Labute approximate surface area is 297 Å². The number of hydrogen-bond acceptors (Lipinski definition) is 7. The number of carbonyl (C=O) groups is 1. The zero-order chi connectivity index (χ0) is 35.8. The molecule has 8 nitrogen and oxygen atoms in total. The maximum absolute atomic E-state index is 13.5. The number of amides is 1. The molecule has 2 heterocycles. The molecule has 7 aliphatic rings. The Kier molecular flexibility index (Phi) is 8.10. The number of aliphatic hydroxyl groups is 3. The highest BCUT2D eigenvalue weighted by Gasteiger charge is 2.84. The molecule has 0 radical (unpaired) electrons. The first-order valence-electron chi connectivity index (χ1n) is 19.5. The van der Waals surface area contributed by atoms with Crippen LogP contribution in [0.5, 0.6) is 0 Å². The lowest BCUT2D eigenvalue weighted by Crippen LogP contribution is -2.60. The summed E-state index contributed by atoms with van der Waals surface area (Å²) in [5, 5.41) is 34.1. The van der Waals surface area contributed by atoms with Gasteiger partial charge in [0, 0.05) is 17.5 Å². The van der Waals surface area contributed by atoms with Gasteiger partial charge in [-0.1, -0.05) is 34.6 Å². The minimum atomic E-state index is -1.27. The van der Waals surface area contributed by atoms with E-state index in [-0.39, 0.29) is 62.8 Å². The standard InChI is InChI=1S/C41H60FNO7/c1-23-20-26(33(44)37(4,5)47)49-32-31(23)38(6)16-17-41-22-40(41)15-14-29(36(2,3)27(40)12-13-28(41)39(38,7)34(32)45)50-30-21-43(18-19-48-30)35(46)24-8-10-25(42)11-9-24/h8-11,23,26-34,44-45,47H,12-22H2,1-7H3/t23-,26?,27+,28?,29?,30+,31+,32?,33+,34+,38-,39-,40-,41+/m1/s1. The summed E-state index contributed by atoms with van der Waals surface area (Å²) in [6.07, 6.45) is 5.44. The average Bonchev–Trinajstić information content (AvgIpc) is 3.70. The molecule has 1 amide bonds. The van der Waals surface area contributed by atoms with Crippen LogP contribution in [-0.4, -0.2) is 88.2 Å². The van der Waals surface area contributed by atoms with E-state index >= 15 is 0 Å². The number of benzene rings is 1. The smallest absolute Gasteiger partial charge is 0.254 e. The Bertz CT molecular complexity index is 1500. The summed E-state index contributed by atoms with van der Waals surface area (Å²) in [6, 6.07) is 5.72. The summed E-state index contributed by atoms with van der Waals surface area (Å²) in [6.45, 7) is 16.4. The minimum absolute atomic E-state index is 0.0102. The van der Waals surface area contributed by atoms with Gasteiger partial charge >= 0.3 is 0 Å². The molecule has 2 spiro atoms. The summed E-state index contributed by atoms with van der Waals surface area (Å²) in [7, 11) is 0. The predicted octanol–water partition coefficient (Wildman–Crippen LogP) is 5.95. The molecule has 7 fully saturated rings. The normalized spacial score (nSPS) is 48.4. The molecule has 8 rings (SSSR count). The van der Waals surface area contributed by atoms with Crippen LogP contribution < -0.4 is 0 Å². The van der Waals surface area contributed by atoms with Gasteiger partial charge in [0.05, 0.1) is 43.2 Å². The maximum Gasteiger partial charge on any atom is 0.254 e. The van der Waals surface area contributed by atoms with E-state index < -0.39 is 30.2 Å². The summed E-state index contributed by atoms with van der Waals surface area (Å²) in [5.74, 6) is 0.899. The number of ether oxygens (including phenoxy) is 3. The van der Waals surface area contributed by atoms with Gasteiger partial charge in [0.25, 0.3) is 5.91 Å². The number of carbonyl (C=O) groups excluding carboxylic acids is 1. The van der Waals surface area contributed by atoms with Crippen LogP contribution in [0.3, 0.4) is 0 Å². The number of rotatable bonds is 5. The van der Waals surface area contributed by atoms with E-state index in [2.05, 4.69) is 34.6 Å². The van der Waals surface area contributed by atoms with E-state index in [1.807, 2.05) is 0 Å². The van der Waals surface area contributed by atoms with Gasteiger partial charge in [0.2, 0.25) is 0 Å². The molecule has 2 aliphatic heterocycles. The molecule has 278 valence electrons. The first-order valence-corrected chi connectivity index (χ1v) is 19.5. The third-order valence-electron chi connectivity index (χ3n) is 16.6. The van der Waals surface area contributed by atoms with E-state index in [1.54, 1.807) is 18.7 Å². The second-order valence-corrected chi connectivity index (χ2v) is 19.3. The fourth-order valence-corrected chi connectivity index (χ4v) is 14.1. The van der Waals surface area contributed by atoms with E-state index in [4.69, 9.17) is 14.2 Å². The predicted molar refractivity (Wildman–Crippen MR) is 185 cm³/mol. The van der Waals surface area contributed by atoms with Crippen LogP contribution in [0.1, 0.15) is 110 Å². The summed E-state index contributed by atoms with van der Waals surface area (Å²) in [4.78, 5) is 15.0. The summed E-state index contributed by atoms with van der Waals surface area (Å²) >= 11 is 0. The fraction of sp³-hybridized carbons (Fsp3) is 0.829. The zero-order valence-corrected chi connectivity index (χ0v) is 31.2. The second kappa shape index (κ2) is 11.4. The van der Waals surface area contributed by atoms with Crippen LogP contribution in [0.15, 0.2) is 24.3 Å². The van der Waals surface area contributed by atoms with Gasteiger partial charge in [-0.05, 0) is 135 Å². The van der Waals surface area contributed by atoms with Crippen LogP contribution in [0, 0.1) is 56.6 Å². The van der Waals surface area contributed by atoms with Crippen molar-refractivity contribution in [2.24, 2.45) is 50.7 Å². The van der Waals surface area contributed by atoms with Gasteiger partial charge in [-0.2, -0.15) is 0 Å². The van der Waals surface area contributed by atoms with E-state index in [0.717, 1.165) is 32.1 Å². The lowest BCUT2D eigenvalue weighted by molar-refractivity contribution is -0.245. The molecule has 5 saturated carbocycles. The Morgan fingerprint density at radius 2 is 1.72 bits per heavy atom. The topological polar surface area (TPSA) is 109 Å². The van der Waals surface area contributed by atoms with Crippen molar-refractivity contribution in [3.05, 3.63) is 35.6 Å². The molecule has 2 saturated heterocycles. The van der Waals surface area contributed by atoms with Gasteiger partial charge in [-0.15, -0.1) is 0 Å². The Morgan fingerprint density at radius 3 is 2.42 bits per heavy atom. The number of hydrogen-bond donors (Lipinski definition) is 3. The summed E-state index contributed by atoms with van der Waals surface area (Å²) < 4.78 is 33.1. The van der Waals surface area contributed by atoms with Crippen molar-refractivity contribution >= 4 is 5.91 Å². The largest absolute Gasteiger partial charge is 0.390 e. The Hall–Kier alpha value is -1.62. The number of nitrogens with zero attached hydrogens (tertiary/aromatic N) is 1. The van der Waals surface area contributed by atoms with Crippen molar-refractivity contribution in [2.75, 3.05) is 19.7 Å². The van der Waals surface area contributed by atoms with Gasteiger partial charge < -0.3 is 34.4 Å². The van der Waals surface area contributed by atoms with Crippen LogP contribution >= 0.6 is 0 Å². The molecule has 5 aliphatic carbocycles. The van der Waals surface area contributed by atoms with Gasteiger partial charge in [0.15, 0.2) is 6.29 Å². The molecule has 3 N–H and O–H groups in total. The molecule has 14 atom stereocenters. The molecule has 0 aromatic heterocycles. The third-order valence-corrected chi connectivity index (χ3v) is 16.6. The van der Waals surface area contributed by atoms with Gasteiger partial charge in [-0.3, -0.25) is 4.79 Å². The van der Waals surface area contributed by atoms with Crippen molar-refractivity contribution in [3.8, 4) is 0 Å². The quantitative estimate of drug-likeness (QED) is 0.349. The molecule has 9 heteroatoms. The highest BCUT2D eigenvalue weighted by Crippen LogP contribution is 2.89. The van der Waals surface area contributed by atoms with Gasteiger partial charge in [0.1, 0.15) is 11.9 Å². The number of morpholine rings is 1. The lowest BCUT2D eigenvalue weighted by atomic mass is 9.41. The van der Waals surface area contributed by atoms with Crippen molar-refractivity contribution in [1.29, 1.82) is 0 Å². The molecule has 1 aromatic rings. The molecule has 4 unspecified atom stereocenters. The first-order chi connectivity index (χ1) is 23.4. The molecular formula is C41H60FNO7. The number of fused-ring (bicyclic) bond motifs is 4. The number of halogens is 1. The van der Waals surface area contributed by atoms with Crippen LogP contribution in [0.25, 0.3) is 0 Å². The first kappa shape index (κ1) is 35.4. The van der Waals surface area contributed by atoms with E-state index in [1.165, 1.54) is 37.1 Å². The Morgan fingerprint density at radius 1 is 1.04 bits per heavy atom. The van der Waals surface area contributed by atoms with Crippen LogP contribution in [-0.2, 0) is 14.2 Å². The average molecular weight is 698 g/mol. The maximum atomic E-state index is 13.5. The van der Waals surface area contributed by atoms with Crippen molar-refractivity contribution in [2.45, 2.75) is 142 Å². The summed E-state index contributed by atoms with van der Waals surface area (Å²) in [5.41, 5.74) is -0.813. The zero-order valence-electron chi connectivity index (χ0n) is 31.2. The SMILES string of the molecule is C[C@@H]1CC([C@H](O)C(C)(C)O)OC2[C@H]1[C@@]1(C)CC[C@@]34C[C@@]35CCC(O[C@H]3CN(C(=O)c6ccc(F)cc6)CCO3)C(C)(C)[C@@H]5CCC4[C@]1(C)[C@H]2O. The molecule has 0 bridgehead atoms. The third kappa shape index (κ3) is 4.71.